The van der Waals surface area contributed by atoms with E-state index in [1.807, 2.05) is 32.0 Å². The minimum absolute atomic E-state index is 0.391. The van der Waals surface area contributed by atoms with Crippen molar-refractivity contribution in [2.45, 2.75) is 32.2 Å². The van der Waals surface area contributed by atoms with Gasteiger partial charge in [-0.15, -0.1) is 5.10 Å². The van der Waals surface area contributed by atoms with Crippen LogP contribution in [0.25, 0.3) is 11.4 Å². The molecule has 0 unspecified atom stereocenters. The summed E-state index contributed by atoms with van der Waals surface area (Å²) in [5.74, 6) is -0.513. The fraction of sp³-hybridized carbons (Fsp3) is 0.385. The maximum atomic E-state index is 11.8. The van der Waals surface area contributed by atoms with E-state index < -0.39 is 11.5 Å². The molecule has 1 aromatic carbocycles. The van der Waals surface area contributed by atoms with E-state index in [2.05, 4.69) is 47.4 Å². The Morgan fingerprint density at radius 1 is 1.33 bits per heavy atom. The topological polar surface area (TPSA) is 80.9 Å². The molecule has 1 aromatic heterocycles. The standard InChI is InChI=1S/C13H14Br2N4O2/c1-3-13(4-2,12(20)21)19-11(16-17-18-19)9-7-8(14)5-6-10(9)15/h5-7H,3-4H2,1-2H3,(H,20,21). The lowest BCUT2D eigenvalue weighted by Gasteiger charge is -2.27. The van der Waals surface area contributed by atoms with Crippen LogP contribution in [0.2, 0.25) is 0 Å². The molecule has 112 valence electrons. The quantitative estimate of drug-likeness (QED) is 0.805. The van der Waals surface area contributed by atoms with E-state index in [1.54, 1.807) is 0 Å². The molecular weight excluding hydrogens is 404 g/mol. The summed E-state index contributed by atoms with van der Waals surface area (Å²) >= 11 is 6.86. The van der Waals surface area contributed by atoms with Gasteiger partial charge in [0.05, 0.1) is 0 Å². The van der Waals surface area contributed by atoms with Crippen LogP contribution < -0.4 is 0 Å². The summed E-state index contributed by atoms with van der Waals surface area (Å²) in [6, 6.07) is 5.59. The Balaban J connectivity index is 2.67. The van der Waals surface area contributed by atoms with Gasteiger partial charge in [-0.1, -0.05) is 45.7 Å². The highest BCUT2D eigenvalue weighted by atomic mass is 79.9. The Hall–Kier alpha value is -1.28. The molecule has 8 heteroatoms. The van der Waals surface area contributed by atoms with Crippen LogP contribution in [0.3, 0.4) is 0 Å². The van der Waals surface area contributed by atoms with Gasteiger partial charge in [-0.2, -0.15) is 0 Å². The zero-order valence-corrected chi connectivity index (χ0v) is 14.7. The number of nitrogens with zero attached hydrogens (tertiary/aromatic N) is 4. The van der Waals surface area contributed by atoms with Crippen molar-refractivity contribution < 1.29 is 9.90 Å². The average molecular weight is 418 g/mol. The van der Waals surface area contributed by atoms with Gasteiger partial charge in [0.2, 0.25) is 0 Å². The molecular formula is C13H14Br2N4O2. The Kier molecular flexibility index (Phi) is 4.77. The molecule has 0 aliphatic heterocycles. The largest absolute Gasteiger partial charge is 0.479 e. The first-order valence-electron chi connectivity index (χ1n) is 6.44. The number of aliphatic carboxylic acids is 1. The third-order valence-electron chi connectivity index (χ3n) is 3.61. The van der Waals surface area contributed by atoms with E-state index in [4.69, 9.17) is 0 Å². The van der Waals surface area contributed by atoms with Crippen molar-refractivity contribution >= 4 is 37.8 Å². The first-order chi connectivity index (χ1) is 9.96. The number of carboxylic acid groups (broad SMARTS) is 1. The van der Waals surface area contributed by atoms with Crippen LogP contribution in [0.5, 0.6) is 0 Å². The maximum absolute atomic E-state index is 11.8. The monoisotopic (exact) mass is 416 g/mol. The molecule has 6 nitrogen and oxygen atoms in total. The van der Waals surface area contributed by atoms with Crippen molar-refractivity contribution in [1.82, 2.24) is 20.2 Å². The number of rotatable bonds is 5. The fourth-order valence-corrected chi connectivity index (χ4v) is 3.04. The molecule has 0 aliphatic rings. The highest BCUT2D eigenvalue weighted by Gasteiger charge is 2.40. The molecule has 0 bridgehead atoms. The van der Waals surface area contributed by atoms with Gasteiger partial charge in [-0.05, 0) is 41.5 Å². The van der Waals surface area contributed by atoms with Gasteiger partial charge in [0.1, 0.15) is 0 Å². The van der Waals surface area contributed by atoms with Crippen molar-refractivity contribution in [1.29, 1.82) is 0 Å². The number of benzene rings is 1. The second kappa shape index (κ2) is 6.23. The first-order valence-corrected chi connectivity index (χ1v) is 8.02. The smallest absolute Gasteiger partial charge is 0.331 e. The van der Waals surface area contributed by atoms with Crippen molar-refractivity contribution in [2.75, 3.05) is 0 Å². The predicted molar refractivity (Wildman–Crippen MR) is 84.8 cm³/mol. The molecule has 0 radical (unpaired) electrons. The van der Waals surface area contributed by atoms with E-state index in [9.17, 15) is 9.90 Å². The predicted octanol–water partition coefficient (Wildman–Crippen LogP) is 3.47. The molecule has 21 heavy (non-hydrogen) atoms. The van der Waals surface area contributed by atoms with E-state index >= 15 is 0 Å². The van der Waals surface area contributed by atoms with Crippen molar-refractivity contribution in [3.05, 3.63) is 27.1 Å². The molecule has 0 atom stereocenters. The lowest BCUT2D eigenvalue weighted by molar-refractivity contribution is -0.148. The van der Waals surface area contributed by atoms with Crippen LogP contribution in [-0.2, 0) is 10.3 Å². The molecule has 0 amide bonds. The SMILES string of the molecule is CCC(CC)(C(=O)O)n1nnnc1-c1cc(Br)ccc1Br. The highest BCUT2D eigenvalue weighted by Crippen LogP contribution is 2.34. The van der Waals surface area contributed by atoms with E-state index in [1.165, 1.54) is 4.68 Å². The summed E-state index contributed by atoms with van der Waals surface area (Å²) in [6.07, 6.45) is 0.783. The lowest BCUT2D eigenvalue weighted by atomic mass is 9.92. The van der Waals surface area contributed by atoms with Crippen molar-refractivity contribution in [2.24, 2.45) is 0 Å². The van der Waals surface area contributed by atoms with E-state index in [0.29, 0.717) is 18.7 Å². The van der Waals surface area contributed by atoms with E-state index in [0.717, 1.165) is 14.5 Å². The Morgan fingerprint density at radius 2 is 2.00 bits per heavy atom. The fourth-order valence-electron chi connectivity index (χ4n) is 2.25. The van der Waals surface area contributed by atoms with Crippen LogP contribution in [-0.4, -0.2) is 31.3 Å². The van der Waals surface area contributed by atoms with Gasteiger partial charge in [0, 0.05) is 14.5 Å². The number of tetrazole rings is 1. The average Bonchev–Trinajstić information content (AvgIpc) is 2.93. The van der Waals surface area contributed by atoms with Crippen LogP contribution in [0.4, 0.5) is 0 Å². The Labute approximate surface area is 138 Å². The molecule has 0 saturated heterocycles. The second-order valence-corrected chi connectivity index (χ2v) is 6.35. The van der Waals surface area contributed by atoms with E-state index in [-0.39, 0.29) is 0 Å². The van der Waals surface area contributed by atoms with Crippen LogP contribution in [0.15, 0.2) is 27.1 Å². The molecule has 1 heterocycles. The number of carbonyl (C=O) groups is 1. The lowest BCUT2D eigenvalue weighted by Crippen LogP contribution is -2.42. The Morgan fingerprint density at radius 3 is 2.57 bits per heavy atom. The summed E-state index contributed by atoms with van der Waals surface area (Å²) in [5, 5.41) is 21.3. The third kappa shape index (κ3) is 2.74. The van der Waals surface area contributed by atoms with Crippen LogP contribution in [0, 0.1) is 0 Å². The normalized spacial score (nSPS) is 11.6. The van der Waals surface area contributed by atoms with Gasteiger partial charge >= 0.3 is 5.97 Å². The van der Waals surface area contributed by atoms with Crippen LogP contribution in [0.1, 0.15) is 26.7 Å². The summed E-state index contributed by atoms with van der Waals surface area (Å²) in [5.41, 5.74) is -0.414. The van der Waals surface area contributed by atoms with Gasteiger partial charge in [-0.25, -0.2) is 9.48 Å². The molecule has 0 spiro atoms. The highest BCUT2D eigenvalue weighted by molar-refractivity contribution is 9.11. The molecule has 1 N–H and O–H groups in total. The Bertz CT molecular complexity index is 668. The summed E-state index contributed by atoms with van der Waals surface area (Å²) in [7, 11) is 0. The summed E-state index contributed by atoms with van der Waals surface area (Å²) in [4.78, 5) is 11.8. The zero-order chi connectivity index (χ0) is 15.6. The number of hydrogen-bond donors (Lipinski definition) is 1. The van der Waals surface area contributed by atoms with Gasteiger partial charge in [0.15, 0.2) is 11.4 Å². The molecule has 0 saturated carbocycles. The third-order valence-corrected chi connectivity index (χ3v) is 4.80. The molecule has 2 aromatic rings. The summed E-state index contributed by atoms with van der Waals surface area (Å²) in [6.45, 7) is 3.64. The van der Waals surface area contributed by atoms with Gasteiger partial charge in [-0.3, -0.25) is 0 Å². The molecule has 0 aliphatic carbocycles. The first kappa shape index (κ1) is 16.1. The number of aromatic nitrogens is 4. The maximum Gasteiger partial charge on any atom is 0.331 e. The number of halogens is 2. The molecule has 2 rings (SSSR count). The minimum atomic E-state index is -1.15. The van der Waals surface area contributed by atoms with Gasteiger partial charge < -0.3 is 5.11 Å². The molecule has 0 fully saturated rings. The number of hydrogen-bond acceptors (Lipinski definition) is 4. The van der Waals surface area contributed by atoms with Crippen LogP contribution >= 0.6 is 31.9 Å². The summed E-state index contributed by atoms with van der Waals surface area (Å²) < 4.78 is 3.07. The second-order valence-electron chi connectivity index (χ2n) is 4.58. The number of carboxylic acids is 1. The van der Waals surface area contributed by atoms with Crippen molar-refractivity contribution in [3.8, 4) is 11.4 Å². The van der Waals surface area contributed by atoms with Crippen molar-refractivity contribution in [3.63, 3.8) is 0 Å². The minimum Gasteiger partial charge on any atom is -0.479 e. The zero-order valence-electron chi connectivity index (χ0n) is 11.5. The van der Waals surface area contributed by atoms with Gasteiger partial charge in [0.25, 0.3) is 0 Å².